The van der Waals surface area contributed by atoms with Crippen LogP contribution in [0, 0.1) is 12.7 Å². The molecule has 7 nitrogen and oxygen atoms in total. The van der Waals surface area contributed by atoms with Gasteiger partial charge in [-0.25, -0.2) is 4.39 Å². The predicted octanol–water partition coefficient (Wildman–Crippen LogP) is 2.71. The van der Waals surface area contributed by atoms with E-state index in [4.69, 9.17) is 10.3 Å². The highest BCUT2D eigenvalue weighted by molar-refractivity contribution is 6.06. The van der Waals surface area contributed by atoms with Gasteiger partial charge in [0.2, 0.25) is 5.91 Å². The van der Waals surface area contributed by atoms with E-state index in [1.54, 1.807) is 31.2 Å². The highest BCUT2D eigenvalue weighted by Crippen LogP contribution is 2.21. The van der Waals surface area contributed by atoms with E-state index in [-0.39, 0.29) is 18.9 Å². The molecule has 0 saturated carbocycles. The molecule has 0 bridgehead atoms. The van der Waals surface area contributed by atoms with E-state index in [9.17, 15) is 14.0 Å². The van der Waals surface area contributed by atoms with Crippen LogP contribution in [0.25, 0.3) is 11.5 Å². The Kier molecular flexibility index (Phi) is 5.25. The van der Waals surface area contributed by atoms with Gasteiger partial charge >= 0.3 is 0 Å². The molecule has 0 radical (unpaired) electrons. The molecule has 0 spiro atoms. The van der Waals surface area contributed by atoms with Gasteiger partial charge < -0.3 is 15.2 Å². The molecule has 1 heterocycles. The molecule has 0 saturated heterocycles. The van der Waals surface area contributed by atoms with Crippen molar-refractivity contribution in [3.63, 3.8) is 0 Å². The van der Waals surface area contributed by atoms with Crippen LogP contribution in [0.5, 0.6) is 0 Å². The van der Waals surface area contributed by atoms with Crippen molar-refractivity contribution in [1.82, 2.24) is 10.1 Å². The van der Waals surface area contributed by atoms with E-state index < -0.39 is 11.7 Å². The van der Waals surface area contributed by atoms with Crippen molar-refractivity contribution in [2.75, 3.05) is 11.4 Å². The highest BCUT2D eigenvalue weighted by Gasteiger charge is 2.19. The number of carbonyl (C=O) groups excluding carboxylic acids is 2. The van der Waals surface area contributed by atoms with Crippen molar-refractivity contribution in [3.05, 3.63) is 65.7 Å². The fourth-order valence-corrected chi connectivity index (χ4v) is 2.52. The number of primary amides is 1. The highest BCUT2D eigenvalue weighted by atomic mass is 19.1. The fraction of sp³-hybridized carbons (Fsp3) is 0.158. The average Bonchev–Trinajstić information content (AvgIpc) is 3.09. The first-order chi connectivity index (χ1) is 12.9. The third-order valence-corrected chi connectivity index (χ3v) is 3.87. The zero-order valence-electron chi connectivity index (χ0n) is 14.6. The Hall–Kier alpha value is -3.55. The number of nitrogens with two attached hydrogens (primary N) is 1. The summed E-state index contributed by atoms with van der Waals surface area (Å²) < 4.78 is 18.3. The van der Waals surface area contributed by atoms with Gasteiger partial charge in [0.15, 0.2) is 5.82 Å². The normalized spacial score (nSPS) is 10.6. The molecule has 2 aromatic carbocycles. The van der Waals surface area contributed by atoms with Gasteiger partial charge in [-0.3, -0.25) is 9.59 Å². The second-order valence-electron chi connectivity index (χ2n) is 5.87. The third-order valence-electron chi connectivity index (χ3n) is 3.87. The maximum Gasteiger partial charge on any atom is 0.258 e. The van der Waals surface area contributed by atoms with Crippen molar-refractivity contribution >= 4 is 17.5 Å². The molecule has 0 aliphatic heterocycles. The van der Waals surface area contributed by atoms with Crippen LogP contribution in [0.15, 0.2) is 53.1 Å². The van der Waals surface area contributed by atoms with Gasteiger partial charge in [-0.1, -0.05) is 5.16 Å². The second-order valence-corrected chi connectivity index (χ2v) is 5.87. The zero-order valence-corrected chi connectivity index (χ0v) is 14.6. The fourth-order valence-electron chi connectivity index (χ4n) is 2.52. The second kappa shape index (κ2) is 7.77. The maximum absolute atomic E-state index is 13.2. The minimum absolute atomic E-state index is 0.0114. The molecule has 0 unspecified atom stereocenters. The number of hydrogen-bond acceptors (Lipinski definition) is 5. The van der Waals surface area contributed by atoms with Crippen LogP contribution in [0.3, 0.4) is 0 Å². The van der Waals surface area contributed by atoms with E-state index in [1.807, 2.05) is 0 Å². The number of hydrogen-bond donors (Lipinski definition) is 1. The summed E-state index contributed by atoms with van der Waals surface area (Å²) in [6.07, 6.45) is -0.0114. The summed E-state index contributed by atoms with van der Waals surface area (Å²) in [5.41, 5.74) is 6.75. The van der Waals surface area contributed by atoms with Crippen molar-refractivity contribution < 1.29 is 18.5 Å². The standard InChI is InChI=1S/C19H17FN4O3/c1-12-22-18(27-23-12)13-2-4-14(5-3-13)19(26)24(11-10-17(21)25)16-8-6-15(20)7-9-16/h2-9H,10-11H2,1H3,(H2,21,25). The molecule has 0 atom stereocenters. The van der Waals surface area contributed by atoms with Crippen LogP contribution in [0.4, 0.5) is 10.1 Å². The van der Waals surface area contributed by atoms with Crippen LogP contribution < -0.4 is 10.6 Å². The average molecular weight is 368 g/mol. The number of nitrogens with zero attached hydrogens (tertiary/aromatic N) is 3. The van der Waals surface area contributed by atoms with Gasteiger partial charge in [0.05, 0.1) is 0 Å². The van der Waals surface area contributed by atoms with E-state index in [0.717, 1.165) is 0 Å². The van der Waals surface area contributed by atoms with Gasteiger partial charge in [-0.2, -0.15) is 4.98 Å². The summed E-state index contributed by atoms with van der Waals surface area (Å²) in [7, 11) is 0. The van der Waals surface area contributed by atoms with Gasteiger partial charge in [0.1, 0.15) is 5.82 Å². The Balaban J connectivity index is 1.86. The van der Waals surface area contributed by atoms with Crippen molar-refractivity contribution in [2.45, 2.75) is 13.3 Å². The van der Waals surface area contributed by atoms with Gasteiger partial charge in [0, 0.05) is 29.8 Å². The first kappa shape index (κ1) is 18.2. The summed E-state index contributed by atoms with van der Waals surface area (Å²) in [6, 6.07) is 12.1. The van der Waals surface area contributed by atoms with Gasteiger partial charge in [-0.05, 0) is 55.5 Å². The summed E-state index contributed by atoms with van der Waals surface area (Å²) in [6.45, 7) is 1.80. The number of halogens is 1. The number of aryl methyl sites for hydroxylation is 1. The Morgan fingerprint density at radius 3 is 2.33 bits per heavy atom. The molecule has 3 rings (SSSR count). The predicted molar refractivity (Wildman–Crippen MR) is 96.4 cm³/mol. The van der Waals surface area contributed by atoms with Crippen molar-refractivity contribution in [3.8, 4) is 11.5 Å². The molecule has 2 N–H and O–H groups in total. The Bertz CT molecular complexity index is 952. The van der Waals surface area contributed by atoms with E-state index in [2.05, 4.69) is 10.1 Å². The number of aromatic nitrogens is 2. The lowest BCUT2D eigenvalue weighted by Crippen LogP contribution is -2.34. The minimum atomic E-state index is -0.531. The first-order valence-electron chi connectivity index (χ1n) is 8.20. The summed E-state index contributed by atoms with van der Waals surface area (Å²) >= 11 is 0. The molecule has 1 aromatic heterocycles. The number of anilines is 1. The number of carbonyl (C=O) groups is 2. The molecule has 0 aliphatic rings. The van der Waals surface area contributed by atoms with Gasteiger partial charge in [0.25, 0.3) is 11.8 Å². The topological polar surface area (TPSA) is 102 Å². The van der Waals surface area contributed by atoms with Crippen LogP contribution in [0.2, 0.25) is 0 Å². The third kappa shape index (κ3) is 4.35. The first-order valence-corrected chi connectivity index (χ1v) is 8.20. The number of rotatable bonds is 6. The minimum Gasteiger partial charge on any atom is -0.370 e. The lowest BCUT2D eigenvalue weighted by atomic mass is 10.1. The quantitative estimate of drug-likeness (QED) is 0.721. The van der Waals surface area contributed by atoms with Crippen LogP contribution in [-0.4, -0.2) is 28.5 Å². The molecule has 8 heteroatoms. The smallest absolute Gasteiger partial charge is 0.258 e. The molecular formula is C19H17FN4O3. The Labute approximate surface area is 154 Å². The Morgan fingerprint density at radius 1 is 1.11 bits per heavy atom. The SMILES string of the molecule is Cc1noc(-c2ccc(C(=O)N(CCC(N)=O)c3ccc(F)cc3)cc2)n1. The molecule has 0 fully saturated rings. The monoisotopic (exact) mass is 368 g/mol. The van der Waals surface area contributed by atoms with Crippen LogP contribution in [0.1, 0.15) is 22.6 Å². The number of amides is 2. The molecular weight excluding hydrogens is 351 g/mol. The van der Waals surface area contributed by atoms with Crippen molar-refractivity contribution in [2.24, 2.45) is 5.73 Å². The van der Waals surface area contributed by atoms with E-state index in [1.165, 1.54) is 29.2 Å². The maximum atomic E-state index is 13.2. The van der Waals surface area contributed by atoms with Gasteiger partial charge in [-0.15, -0.1) is 0 Å². The van der Waals surface area contributed by atoms with E-state index in [0.29, 0.717) is 28.5 Å². The molecule has 27 heavy (non-hydrogen) atoms. The molecule has 138 valence electrons. The summed E-state index contributed by atoms with van der Waals surface area (Å²) in [5, 5.41) is 3.73. The zero-order chi connectivity index (χ0) is 19.4. The summed E-state index contributed by atoms with van der Waals surface area (Å²) in [5.74, 6) is -0.414. The molecule has 3 aromatic rings. The van der Waals surface area contributed by atoms with Crippen LogP contribution in [-0.2, 0) is 4.79 Å². The number of benzene rings is 2. The van der Waals surface area contributed by atoms with Crippen molar-refractivity contribution in [1.29, 1.82) is 0 Å². The lowest BCUT2D eigenvalue weighted by Gasteiger charge is -2.22. The Morgan fingerprint density at radius 2 is 1.78 bits per heavy atom. The van der Waals surface area contributed by atoms with Crippen LogP contribution >= 0.6 is 0 Å². The van der Waals surface area contributed by atoms with E-state index >= 15 is 0 Å². The molecule has 2 amide bonds. The molecule has 0 aliphatic carbocycles. The lowest BCUT2D eigenvalue weighted by molar-refractivity contribution is -0.117. The largest absolute Gasteiger partial charge is 0.370 e. The summed E-state index contributed by atoms with van der Waals surface area (Å²) in [4.78, 5) is 29.6.